The molecule has 0 unspecified atom stereocenters. The highest BCUT2D eigenvalue weighted by molar-refractivity contribution is 5.97. The number of ether oxygens (including phenoxy) is 1. The maximum atomic E-state index is 13.1. The van der Waals surface area contributed by atoms with Crippen molar-refractivity contribution in [1.29, 1.82) is 0 Å². The Morgan fingerprint density at radius 2 is 1.40 bits per heavy atom. The highest BCUT2D eigenvalue weighted by atomic mass is 16.5. The Morgan fingerprint density at radius 1 is 0.767 bits per heavy atom. The summed E-state index contributed by atoms with van der Waals surface area (Å²) in [5, 5.41) is 18.0. The van der Waals surface area contributed by atoms with E-state index >= 15 is 0 Å². The van der Waals surface area contributed by atoms with Crippen LogP contribution in [0.2, 0.25) is 0 Å². The number of rotatable bonds is 7. The first-order chi connectivity index (χ1) is 20.6. The van der Waals surface area contributed by atoms with Crippen molar-refractivity contribution in [2.24, 2.45) is 0 Å². The van der Waals surface area contributed by atoms with Gasteiger partial charge in [-0.25, -0.2) is 9.59 Å². The summed E-state index contributed by atoms with van der Waals surface area (Å²) < 4.78 is 6.23. The van der Waals surface area contributed by atoms with E-state index in [1.807, 2.05) is 11.0 Å². The van der Waals surface area contributed by atoms with Gasteiger partial charge < -0.3 is 34.5 Å². The SMILES string of the molecule is Cc1cccc(N2CCN(C(=O)COc3ccc4ccccc4c3N3CCN(C)CC3)CC2)c1C.O=C(O)/C=C/C(=O)O. The molecule has 0 saturated carbocycles. The number of fused-ring (bicyclic) bond motifs is 1. The lowest BCUT2D eigenvalue weighted by molar-refractivity contribution is -0.134. The minimum Gasteiger partial charge on any atom is -0.482 e. The van der Waals surface area contributed by atoms with E-state index in [9.17, 15) is 14.4 Å². The van der Waals surface area contributed by atoms with Gasteiger partial charge in [-0.2, -0.15) is 0 Å². The van der Waals surface area contributed by atoms with Crippen molar-refractivity contribution < 1.29 is 29.3 Å². The molecule has 43 heavy (non-hydrogen) atoms. The lowest BCUT2D eigenvalue weighted by Crippen LogP contribution is -2.50. The third kappa shape index (κ3) is 8.26. The molecule has 0 aliphatic carbocycles. The molecule has 1 amide bonds. The second-order valence-corrected chi connectivity index (χ2v) is 10.8. The van der Waals surface area contributed by atoms with Crippen LogP contribution in [0.1, 0.15) is 11.1 Å². The molecule has 3 aromatic carbocycles. The van der Waals surface area contributed by atoms with Crippen LogP contribution in [0.15, 0.2) is 66.7 Å². The molecule has 10 heteroatoms. The normalized spacial score (nSPS) is 15.7. The van der Waals surface area contributed by atoms with Gasteiger partial charge in [0.1, 0.15) is 5.75 Å². The van der Waals surface area contributed by atoms with E-state index in [2.05, 4.69) is 84.1 Å². The van der Waals surface area contributed by atoms with Crippen LogP contribution in [0.25, 0.3) is 10.8 Å². The molecule has 0 atom stereocenters. The van der Waals surface area contributed by atoms with E-state index in [0.29, 0.717) is 12.2 Å². The van der Waals surface area contributed by atoms with E-state index < -0.39 is 11.9 Å². The number of likely N-dealkylation sites (N-methyl/N-ethyl adjacent to an activating group) is 1. The number of carboxylic acids is 2. The number of nitrogens with zero attached hydrogens (tertiary/aromatic N) is 4. The third-order valence-corrected chi connectivity index (χ3v) is 7.95. The monoisotopic (exact) mass is 588 g/mol. The maximum Gasteiger partial charge on any atom is 0.328 e. The fraction of sp³-hybridized carbons (Fsp3) is 0.364. The molecule has 2 fully saturated rings. The third-order valence-electron chi connectivity index (χ3n) is 7.95. The molecule has 2 saturated heterocycles. The highest BCUT2D eigenvalue weighted by Gasteiger charge is 2.24. The number of anilines is 2. The number of aryl methyl sites for hydroxylation is 1. The molecule has 228 valence electrons. The van der Waals surface area contributed by atoms with Crippen molar-refractivity contribution >= 4 is 40.0 Å². The summed E-state index contributed by atoms with van der Waals surface area (Å²) in [5.41, 5.74) is 5.02. The number of aliphatic carboxylic acids is 2. The molecular weight excluding hydrogens is 548 g/mol. The quantitative estimate of drug-likeness (QED) is 0.399. The van der Waals surface area contributed by atoms with Crippen molar-refractivity contribution in [2.75, 3.05) is 75.8 Å². The van der Waals surface area contributed by atoms with E-state index in [1.165, 1.54) is 27.6 Å². The van der Waals surface area contributed by atoms with Gasteiger partial charge in [0.15, 0.2) is 6.61 Å². The maximum absolute atomic E-state index is 13.1. The van der Waals surface area contributed by atoms with Crippen molar-refractivity contribution in [3.63, 3.8) is 0 Å². The van der Waals surface area contributed by atoms with Crippen molar-refractivity contribution in [3.8, 4) is 5.75 Å². The second kappa shape index (κ2) is 14.6. The fourth-order valence-electron chi connectivity index (χ4n) is 5.36. The number of hydrogen-bond acceptors (Lipinski definition) is 7. The average molecular weight is 589 g/mol. The summed E-state index contributed by atoms with van der Waals surface area (Å²) in [6.45, 7) is 11.5. The molecule has 5 rings (SSSR count). The Bertz CT molecular complexity index is 1460. The van der Waals surface area contributed by atoms with Crippen molar-refractivity contribution in [1.82, 2.24) is 9.80 Å². The fourth-order valence-corrected chi connectivity index (χ4v) is 5.36. The molecule has 2 N–H and O–H groups in total. The Morgan fingerprint density at radius 3 is 2.05 bits per heavy atom. The molecule has 0 aromatic heterocycles. The van der Waals surface area contributed by atoms with Gasteiger partial charge in [0.05, 0.1) is 5.69 Å². The summed E-state index contributed by atoms with van der Waals surface area (Å²) in [5.74, 6) is -1.65. The zero-order chi connectivity index (χ0) is 30.9. The molecule has 3 aromatic rings. The lowest BCUT2D eigenvalue weighted by Gasteiger charge is -2.37. The molecular formula is C33H40N4O6. The molecule has 2 aliphatic heterocycles. The predicted octanol–water partition coefficient (Wildman–Crippen LogP) is 3.65. The van der Waals surface area contributed by atoms with Gasteiger partial charge in [-0.1, -0.05) is 42.5 Å². The second-order valence-electron chi connectivity index (χ2n) is 10.8. The van der Waals surface area contributed by atoms with Gasteiger partial charge in [-0.05, 0) is 49.5 Å². The van der Waals surface area contributed by atoms with Gasteiger partial charge in [0.25, 0.3) is 5.91 Å². The zero-order valence-corrected chi connectivity index (χ0v) is 25.0. The number of piperazine rings is 2. The largest absolute Gasteiger partial charge is 0.482 e. The van der Waals surface area contributed by atoms with Crippen LogP contribution in [0, 0.1) is 13.8 Å². The van der Waals surface area contributed by atoms with Crippen molar-refractivity contribution in [3.05, 3.63) is 77.9 Å². The van der Waals surface area contributed by atoms with Crippen LogP contribution in [0.3, 0.4) is 0 Å². The predicted molar refractivity (Wildman–Crippen MR) is 168 cm³/mol. The number of carbonyl (C=O) groups excluding carboxylic acids is 1. The van der Waals surface area contributed by atoms with Crippen LogP contribution in [-0.4, -0.2) is 104 Å². The lowest BCUT2D eigenvalue weighted by atomic mass is 10.1. The Labute approximate surface area is 252 Å². The summed E-state index contributed by atoms with van der Waals surface area (Å²) in [4.78, 5) is 41.3. The number of hydrogen-bond donors (Lipinski definition) is 2. The standard InChI is InChI=1S/C29H36N4O2.C4H4O4/c1-22-7-6-10-26(23(22)2)31-17-19-32(20-18-31)28(34)21-35-27-12-11-24-8-4-5-9-25(24)29(27)33-15-13-30(3)14-16-33;5-3(6)1-2-4(7)8/h4-12H,13-21H2,1-3H3;1-2H,(H,5,6)(H,7,8)/b;2-1+. The van der Waals surface area contributed by atoms with Crippen LogP contribution in [-0.2, 0) is 14.4 Å². The molecule has 2 heterocycles. The molecule has 2 aliphatic rings. The van der Waals surface area contributed by atoms with Crippen LogP contribution >= 0.6 is 0 Å². The van der Waals surface area contributed by atoms with Gasteiger partial charge in [0, 0.05) is 75.6 Å². The number of carbonyl (C=O) groups is 3. The Hall–Kier alpha value is -4.57. The van der Waals surface area contributed by atoms with Gasteiger partial charge >= 0.3 is 11.9 Å². The minimum absolute atomic E-state index is 0.0584. The first-order valence-corrected chi connectivity index (χ1v) is 14.4. The minimum atomic E-state index is -1.26. The molecule has 0 bridgehead atoms. The summed E-state index contributed by atoms with van der Waals surface area (Å²) >= 11 is 0. The smallest absolute Gasteiger partial charge is 0.328 e. The number of carboxylic acid groups (broad SMARTS) is 2. The van der Waals surface area contributed by atoms with Crippen LogP contribution < -0.4 is 14.5 Å². The summed E-state index contributed by atoms with van der Waals surface area (Å²) in [7, 11) is 2.16. The van der Waals surface area contributed by atoms with E-state index in [4.69, 9.17) is 14.9 Å². The van der Waals surface area contributed by atoms with Crippen molar-refractivity contribution in [2.45, 2.75) is 13.8 Å². The van der Waals surface area contributed by atoms with E-state index in [-0.39, 0.29) is 12.5 Å². The number of amides is 1. The zero-order valence-electron chi connectivity index (χ0n) is 25.0. The topological polar surface area (TPSA) is 114 Å². The molecule has 0 spiro atoms. The van der Waals surface area contributed by atoms with Gasteiger partial charge in [-0.3, -0.25) is 4.79 Å². The van der Waals surface area contributed by atoms with E-state index in [0.717, 1.165) is 63.8 Å². The van der Waals surface area contributed by atoms with Gasteiger partial charge in [-0.15, -0.1) is 0 Å². The molecule has 0 radical (unpaired) electrons. The Kier molecular flexibility index (Phi) is 10.6. The van der Waals surface area contributed by atoms with Crippen LogP contribution in [0.4, 0.5) is 11.4 Å². The molecule has 10 nitrogen and oxygen atoms in total. The first kappa shape index (κ1) is 31.4. The number of benzene rings is 3. The summed E-state index contributed by atoms with van der Waals surface area (Å²) in [6, 6.07) is 19.0. The van der Waals surface area contributed by atoms with Gasteiger partial charge in [0.2, 0.25) is 0 Å². The summed E-state index contributed by atoms with van der Waals surface area (Å²) in [6.07, 6.45) is 1.12. The first-order valence-electron chi connectivity index (χ1n) is 14.4. The average Bonchev–Trinajstić information content (AvgIpc) is 3.01. The Balaban J connectivity index is 0.000000467. The van der Waals surface area contributed by atoms with E-state index in [1.54, 1.807) is 0 Å². The van der Waals surface area contributed by atoms with Crippen LogP contribution in [0.5, 0.6) is 5.75 Å². The highest BCUT2D eigenvalue weighted by Crippen LogP contribution is 2.37.